The molecule has 0 fully saturated rings. The molecule has 0 unspecified atom stereocenters. The molecule has 0 spiro atoms. The number of hydrogen-bond acceptors (Lipinski definition) is 3. The number of hydrogen-bond donors (Lipinski definition) is 2. The van der Waals surface area contributed by atoms with Crippen molar-refractivity contribution in [2.75, 3.05) is 5.73 Å². The molecule has 0 saturated heterocycles. The van der Waals surface area contributed by atoms with Crippen LogP contribution in [-0.4, -0.2) is 67.4 Å². The summed E-state index contributed by atoms with van der Waals surface area (Å²) < 4.78 is 0. The zero-order valence-corrected chi connectivity index (χ0v) is 7.23. The van der Waals surface area contributed by atoms with E-state index < -0.39 is 5.97 Å². The van der Waals surface area contributed by atoms with E-state index in [4.69, 9.17) is 34.0 Å². The van der Waals surface area contributed by atoms with Crippen LogP contribution in [0.5, 0.6) is 0 Å². The Labute approximate surface area is 127 Å². The summed E-state index contributed by atoms with van der Waals surface area (Å²) >= 11 is 11.0. The number of aromatic carboxylic acids is 1. The van der Waals surface area contributed by atoms with Gasteiger partial charge >= 0.3 is 57.4 Å². The van der Waals surface area contributed by atoms with Gasteiger partial charge in [-0.05, 0) is 6.07 Å². The molecule has 0 aromatic carbocycles. The Hall–Kier alpha value is 0.636. The van der Waals surface area contributed by atoms with E-state index in [-0.39, 0.29) is 72.9 Å². The molecule has 13 heavy (non-hydrogen) atoms. The van der Waals surface area contributed by atoms with Crippen molar-refractivity contribution in [3.8, 4) is 0 Å². The van der Waals surface area contributed by atoms with Crippen molar-refractivity contribution in [3.63, 3.8) is 0 Å². The minimum absolute atomic E-state index is 0. The zero-order chi connectivity index (χ0) is 9.30. The molecule has 0 radical (unpaired) electrons. The van der Waals surface area contributed by atoms with Gasteiger partial charge in [0.1, 0.15) is 5.15 Å². The van der Waals surface area contributed by atoms with Crippen molar-refractivity contribution in [2.45, 2.75) is 0 Å². The van der Waals surface area contributed by atoms with Gasteiger partial charge in [0.25, 0.3) is 0 Å². The van der Waals surface area contributed by atoms with Crippen LogP contribution >= 0.6 is 23.2 Å². The molecule has 1 heterocycles. The van der Waals surface area contributed by atoms with Gasteiger partial charge in [0, 0.05) is 0 Å². The summed E-state index contributed by atoms with van der Waals surface area (Å²) in [6, 6.07) is 1.29. The monoisotopic (exact) mass is 246 g/mol. The van der Waals surface area contributed by atoms with Gasteiger partial charge in [-0.2, -0.15) is 0 Å². The second-order valence-electron chi connectivity index (χ2n) is 2.00. The number of pyridine rings is 1. The molecule has 3 N–H and O–H groups in total. The third-order valence-corrected chi connectivity index (χ3v) is 1.75. The van der Waals surface area contributed by atoms with Gasteiger partial charge in [-0.25, -0.2) is 9.78 Å². The van der Waals surface area contributed by atoms with E-state index >= 15 is 0 Å². The van der Waals surface area contributed by atoms with E-state index in [2.05, 4.69) is 4.98 Å². The van der Waals surface area contributed by atoms with Crippen LogP contribution in [-0.2, 0) is 0 Å². The van der Waals surface area contributed by atoms with Gasteiger partial charge in [-0.15, -0.1) is 0 Å². The van der Waals surface area contributed by atoms with Crippen LogP contribution < -0.4 is 5.73 Å². The Morgan fingerprint density at radius 1 is 1.54 bits per heavy atom. The number of rotatable bonds is 1. The standard InChI is InChI=1S/C6H4Cl2N2O2.K.H/c7-3-1-2(9)4(8)5(10-3)6(11)12;;/h1H,(H2,9,10)(H,11,12);;. The molecular formula is C6H5Cl2KN2O2. The molecule has 1 aromatic rings. The van der Waals surface area contributed by atoms with Crippen molar-refractivity contribution in [2.24, 2.45) is 0 Å². The summed E-state index contributed by atoms with van der Waals surface area (Å²) in [6.07, 6.45) is 0. The topological polar surface area (TPSA) is 76.2 Å². The normalized spacial score (nSPS) is 9.08. The van der Waals surface area contributed by atoms with Crippen molar-refractivity contribution >= 4 is 86.2 Å². The van der Waals surface area contributed by atoms with Crippen LogP contribution in [0, 0.1) is 0 Å². The first-order chi connectivity index (χ1) is 5.52. The van der Waals surface area contributed by atoms with Crippen molar-refractivity contribution in [3.05, 3.63) is 21.9 Å². The van der Waals surface area contributed by atoms with Gasteiger partial charge < -0.3 is 10.8 Å². The third kappa shape index (κ3) is 3.36. The average molecular weight is 247 g/mol. The quantitative estimate of drug-likeness (QED) is 0.573. The number of nitrogen functional groups attached to an aromatic ring is 1. The van der Waals surface area contributed by atoms with Crippen LogP contribution in [0.4, 0.5) is 5.69 Å². The molecule has 1 aromatic heterocycles. The van der Waals surface area contributed by atoms with Gasteiger partial charge in [0.05, 0.1) is 10.7 Å². The van der Waals surface area contributed by atoms with Crippen molar-refractivity contribution in [1.29, 1.82) is 0 Å². The third-order valence-electron chi connectivity index (χ3n) is 1.16. The fourth-order valence-corrected chi connectivity index (χ4v) is 1.04. The maximum absolute atomic E-state index is 10.5. The van der Waals surface area contributed by atoms with Gasteiger partial charge in [-0.3, -0.25) is 0 Å². The zero-order valence-electron chi connectivity index (χ0n) is 5.71. The van der Waals surface area contributed by atoms with E-state index in [9.17, 15) is 4.79 Å². The predicted octanol–water partition coefficient (Wildman–Crippen LogP) is 1.02. The van der Waals surface area contributed by atoms with Crippen LogP contribution in [0.25, 0.3) is 0 Å². The molecule has 0 atom stereocenters. The Bertz CT molecular complexity index is 346. The summed E-state index contributed by atoms with van der Waals surface area (Å²) in [5.74, 6) is -1.26. The Morgan fingerprint density at radius 2 is 2.08 bits per heavy atom. The van der Waals surface area contributed by atoms with E-state index in [0.29, 0.717) is 0 Å². The summed E-state index contributed by atoms with van der Waals surface area (Å²) in [5.41, 5.74) is 5.11. The predicted molar refractivity (Wildman–Crippen MR) is 52.8 cm³/mol. The first kappa shape index (κ1) is 13.6. The van der Waals surface area contributed by atoms with Crippen LogP contribution in [0.2, 0.25) is 10.2 Å². The molecule has 0 bridgehead atoms. The number of nitrogens with two attached hydrogens (primary N) is 1. The number of carbonyl (C=O) groups is 1. The Kier molecular flexibility index (Phi) is 5.77. The molecule has 4 nitrogen and oxygen atoms in total. The summed E-state index contributed by atoms with van der Waals surface area (Å²) in [4.78, 5) is 14.0. The second kappa shape index (κ2) is 5.50. The van der Waals surface area contributed by atoms with Crippen LogP contribution in [0.3, 0.4) is 0 Å². The molecule has 0 aliphatic heterocycles. The van der Waals surface area contributed by atoms with Gasteiger partial charge in [0.15, 0.2) is 5.69 Å². The van der Waals surface area contributed by atoms with E-state index in [1.807, 2.05) is 0 Å². The molecule has 1 rings (SSSR count). The van der Waals surface area contributed by atoms with E-state index in [0.717, 1.165) is 0 Å². The van der Waals surface area contributed by atoms with Gasteiger partial charge in [-0.1, -0.05) is 23.2 Å². The molecular weight excluding hydrogens is 242 g/mol. The number of aromatic nitrogens is 1. The first-order valence-electron chi connectivity index (χ1n) is 2.87. The number of carboxylic acid groups (broad SMARTS) is 1. The molecule has 0 saturated carbocycles. The molecule has 66 valence electrons. The molecule has 7 heteroatoms. The fourth-order valence-electron chi connectivity index (χ4n) is 0.658. The minimum atomic E-state index is -1.26. The molecule has 0 aliphatic carbocycles. The summed E-state index contributed by atoms with van der Waals surface area (Å²) in [6.45, 7) is 0. The fraction of sp³-hybridized carbons (Fsp3) is 0. The van der Waals surface area contributed by atoms with E-state index in [1.54, 1.807) is 0 Å². The molecule has 0 aliphatic rings. The summed E-state index contributed by atoms with van der Waals surface area (Å²) in [5, 5.41) is 8.47. The Balaban J connectivity index is 0.00000144. The molecule has 0 amide bonds. The first-order valence-corrected chi connectivity index (χ1v) is 3.62. The van der Waals surface area contributed by atoms with Crippen LogP contribution in [0.15, 0.2) is 6.07 Å². The van der Waals surface area contributed by atoms with Crippen LogP contribution in [0.1, 0.15) is 10.5 Å². The number of anilines is 1. The number of carboxylic acids is 1. The van der Waals surface area contributed by atoms with Crippen molar-refractivity contribution < 1.29 is 9.90 Å². The maximum atomic E-state index is 10.5. The average Bonchev–Trinajstić information content (AvgIpc) is 1.96. The van der Waals surface area contributed by atoms with Gasteiger partial charge in [0.2, 0.25) is 0 Å². The Morgan fingerprint density at radius 3 is 2.54 bits per heavy atom. The summed E-state index contributed by atoms with van der Waals surface area (Å²) in [7, 11) is 0. The number of nitrogens with zero attached hydrogens (tertiary/aromatic N) is 1. The SMILES string of the molecule is Nc1cc(Cl)nc(C(=O)O)c1Cl.[KH]. The second-order valence-corrected chi connectivity index (χ2v) is 2.77. The van der Waals surface area contributed by atoms with E-state index in [1.165, 1.54) is 6.07 Å². The van der Waals surface area contributed by atoms with Crippen molar-refractivity contribution in [1.82, 2.24) is 4.98 Å². The number of halogens is 2.